The van der Waals surface area contributed by atoms with E-state index in [1.54, 1.807) is 0 Å². The van der Waals surface area contributed by atoms with Gasteiger partial charge in [0.05, 0.1) is 5.70 Å². The van der Waals surface area contributed by atoms with Gasteiger partial charge in [-0.1, -0.05) is 55.0 Å². The van der Waals surface area contributed by atoms with Crippen LogP contribution in [0.3, 0.4) is 0 Å². The zero-order chi connectivity index (χ0) is 23.6. The molecule has 0 saturated heterocycles. The third kappa shape index (κ3) is 7.07. The summed E-state index contributed by atoms with van der Waals surface area (Å²) in [5.74, 6) is 0.237. The Labute approximate surface area is 195 Å². The molecule has 0 bridgehead atoms. The lowest BCUT2D eigenvalue weighted by Gasteiger charge is -2.12. The van der Waals surface area contributed by atoms with Crippen LogP contribution in [0.15, 0.2) is 75.2 Å². The van der Waals surface area contributed by atoms with Gasteiger partial charge in [0, 0.05) is 31.3 Å². The van der Waals surface area contributed by atoms with Crippen molar-refractivity contribution in [2.45, 2.75) is 32.6 Å². The smallest absolute Gasteiger partial charge is 0.185 e. The van der Waals surface area contributed by atoms with Gasteiger partial charge in [0.15, 0.2) is 11.9 Å². The van der Waals surface area contributed by atoms with E-state index >= 15 is 0 Å². The number of nitrogens with two attached hydrogens (primary N) is 4. The first kappa shape index (κ1) is 23.8. The highest BCUT2D eigenvalue weighted by atomic mass is 15.0. The van der Waals surface area contributed by atoms with Gasteiger partial charge in [-0.2, -0.15) is 0 Å². The van der Waals surface area contributed by atoms with E-state index in [1.165, 1.54) is 27.8 Å². The Balaban J connectivity index is 1.92. The van der Waals surface area contributed by atoms with Crippen LogP contribution in [-0.4, -0.2) is 31.2 Å². The lowest BCUT2D eigenvalue weighted by molar-refractivity contribution is 0.961. The van der Waals surface area contributed by atoms with Crippen LogP contribution in [-0.2, 0) is 12.8 Å². The number of hydrogen-bond acceptors (Lipinski definition) is 3. The van der Waals surface area contributed by atoms with E-state index in [9.17, 15) is 0 Å². The Morgan fingerprint density at radius 3 is 2.00 bits per heavy atom. The third-order valence-electron chi connectivity index (χ3n) is 5.51. The van der Waals surface area contributed by atoms with E-state index in [1.807, 2.05) is 6.21 Å². The Bertz CT molecular complexity index is 1110. The topological polar surface area (TPSA) is 141 Å². The number of hydrogen-bond donors (Lipinski definition) is 4. The maximum absolute atomic E-state index is 5.46. The first-order valence-corrected chi connectivity index (χ1v) is 11.2. The van der Waals surface area contributed by atoms with Crippen molar-refractivity contribution in [2.24, 2.45) is 37.9 Å². The molecule has 0 aliphatic carbocycles. The fourth-order valence-corrected chi connectivity index (χ4v) is 3.83. The van der Waals surface area contributed by atoms with Crippen LogP contribution in [0.5, 0.6) is 0 Å². The first-order valence-electron chi connectivity index (χ1n) is 11.2. The average molecular weight is 444 g/mol. The molecule has 7 heteroatoms. The lowest BCUT2D eigenvalue weighted by Crippen LogP contribution is -2.23. The van der Waals surface area contributed by atoms with Crippen molar-refractivity contribution in [3.8, 4) is 0 Å². The van der Waals surface area contributed by atoms with Gasteiger partial charge in [0.25, 0.3) is 0 Å². The molecule has 3 rings (SSSR count). The Kier molecular flexibility index (Phi) is 8.41. The second kappa shape index (κ2) is 11.7. The number of nitrogens with zero attached hydrogens (tertiary/aromatic N) is 3. The summed E-state index contributed by atoms with van der Waals surface area (Å²) in [6.45, 7) is 3.32. The molecule has 0 amide bonds. The Morgan fingerprint density at radius 2 is 1.42 bits per heavy atom. The largest absolute Gasteiger partial charge is 0.370 e. The summed E-state index contributed by atoms with van der Waals surface area (Å²) >= 11 is 0. The number of allylic oxidation sites excluding steroid dienone is 3. The third-order valence-corrected chi connectivity index (χ3v) is 5.51. The molecule has 0 atom stereocenters. The molecule has 172 valence electrons. The summed E-state index contributed by atoms with van der Waals surface area (Å²) in [4.78, 5) is 13.0. The number of rotatable bonds is 9. The van der Waals surface area contributed by atoms with Crippen LogP contribution in [0.25, 0.3) is 11.3 Å². The molecule has 8 N–H and O–H groups in total. The summed E-state index contributed by atoms with van der Waals surface area (Å²) < 4.78 is 0. The van der Waals surface area contributed by atoms with Gasteiger partial charge in [-0.05, 0) is 53.7 Å². The van der Waals surface area contributed by atoms with Gasteiger partial charge in [0.2, 0.25) is 0 Å². The molecule has 2 aromatic carbocycles. The minimum Gasteiger partial charge on any atom is -0.370 e. The second-order valence-electron chi connectivity index (χ2n) is 7.93. The zero-order valence-corrected chi connectivity index (χ0v) is 19.2. The molecule has 0 radical (unpaired) electrons. The SMILES string of the molecule is CCC1=C(c2cccc(CCN=C(N)N)c2)C=C(c2cccc(CCN=C(N)N)c2)N=CC1. The van der Waals surface area contributed by atoms with Crippen molar-refractivity contribution >= 4 is 29.4 Å². The number of benzene rings is 2. The fourth-order valence-electron chi connectivity index (χ4n) is 3.83. The number of aliphatic imine (C=N–C) groups is 3. The van der Waals surface area contributed by atoms with Crippen LogP contribution in [0.2, 0.25) is 0 Å². The molecule has 0 saturated carbocycles. The zero-order valence-electron chi connectivity index (χ0n) is 19.2. The Hall–Kier alpha value is -3.87. The molecule has 0 fully saturated rings. The minimum absolute atomic E-state index is 0.115. The molecule has 1 heterocycles. The van der Waals surface area contributed by atoms with Crippen LogP contribution >= 0.6 is 0 Å². The van der Waals surface area contributed by atoms with Crippen LogP contribution < -0.4 is 22.9 Å². The van der Waals surface area contributed by atoms with Crippen molar-refractivity contribution in [3.63, 3.8) is 0 Å². The highest BCUT2D eigenvalue weighted by Crippen LogP contribution is 2.31. The highest BCUT2D eigenvalue weighted by molar-refractivity contribution is 5.91. The lowest BCUT2D eigenvalue weighted by atomic mass is 9.93. The van der Waals surface area contributed by atoms with Crippen molar-refractivity contribution < 1.29 is 0 Å². The molecule has 0 unspecified atom stereocenters. The predicted octanol–water partition coefficient (Wildman–Crippen LogP) is 3.00. The van der Waals surface area contributed by atoms with Crippen molar-refractivity contribution in [2.75, 3.05) is 13.1 Å². The standard InChI is InChI=1S/C26H33N7/c1-2-20-11-14-31-24(22-8-4-6-19(16-22)10-13-33-26(29)30)17-23(20)21-7-3-5-18(15-21)9-12-32-25(27)28/h3-8,14-17H,2,9-13H2,1H3,(H4,27,28,32)(H4,29,30,33). The normalized spacial score (nSPS) is 13.3. The fraction of sp³-hybridized carbons (Fsp3) is 0.269. The predicted molar refractivity (Wildman–Crippen MR) is 140 cm³/mol. The molecule has 1 aliphatic heterocycles. The summed E-state index contributed by atoms with van der Waals surface area (Å²) in [5, 5.41) is 0. The van der Waals surface area contributed by atoms with Crippen molar-refractivity contribution in [1.82, 2.24) is 0 Å². The van der Waals surface area contributed by atoms with Crippen LogP contribution in [0.1, 0.15) is 42.0 Å². The van der Waals surface area contributed by atoms with E-state index in [-0.39, 0.29) is 11.9 Å². The average Bonchev–Trinajstić information content (AvgIpc) is 3.02. The molecule has 0 spiro atoms. The summed E-state index contributed by atoms with van der Waals surface area (Å²) in [6, 6.07) is 17.0. The molecular formula is C26H33N7. The van der Waals surface area contributed by atoms with Crippen molar-refractivity contribution in [3.05, 3.63) is 82.4 Å². The maximum atomic E-state index is 5.46. The maximum Gasteiger partial charge on any atom is 0.185 e. The van der Waals surface area contributed by atoms with Gasteiger partial charge in [-0.3, -0.25) is 15.0 Å². The molecule has 2 aromatic rings. The highest BCUT2D eigenvalue weighted by Gasteiger charge is 2.12. The number of guanidine groups is 2. The minimum atomic E-state index is 0.115. The van der Waals surface area contributed by atoms with E-state index in [2.05, 4.69) is 71.5 Å². The molecule has 0 aromatic heterocycles. The molecular weight excluding hydrogens is 410 g/mol. The summed E-state index contributed by atoms with van der Waals surface area (Å²) in [5.41, 5.74) is 30.0. The van der Waals surface area contributed by atoms with Gasteiger partial charge in [-0.15, -0.1) is 0 Å². The van der Waals surface area contributed by atoms with Gasteiger partial charge < -0.3 is 22.9 Å². The van der Waals surface area contributed by atoms with Crippen molar-refractivity contribution in [1.29, 1.82) is 0 Å². The van der Waals surface area contributed by atoms with E-state index in [4.69, 9.17) is 27.9 Å². The monoisotopic (exact) mass is 443 g/mol. The molecule has 33 heavy (non-hydrogen) atoms. The van der Waals surface area contributed by atoms with Crippen LogP contribution in [0.4, 0.5) is 0 Å². The quantitative estimate of drug-likeness (QED) is 0.349. The van der Waals surface area contributed by atoms with E-state index in [0.29, 0.717) is 13.1 Å². The van der Waals surface area contributed by atoms with Crippen LogP contribution in [0, 0.1) is 0 Å². The van der Waals surface area contributed by atoms with Gasteiger partial charge in [0.1, 0.15) is 0 Å². The van der Waals surface area contributed by atoms with Gasteiger partial charge >= 0.3 is 0 Å². The van der Waals surface area contributed by atoms with E-state index < -0.39 is 0 Å². The van der Waals surface area contributed by atoms with E-state index in [0.717, 1.165) is 36.9 Å². The Morgan fingerprint density at radius 1 is 0.848 bits per heavy atom. The summed E-state index contributed by atoms with van der Waals surface area (Å²) in [7, 11) is 0. The molecule has 7 nitrogen and oxygen atoms in total. The molecule has 1 aliphatic rings. The summed E-state index contributed by atoms with van der Waals surface area (Å²) in [6.07, 6.45) is 7.55. The van der Waals surface area contributed by atoms with Gasteiger partial charge in [-0.25, -0.2) is 0 Å². The second-order valence-corrected chi connectivity index (χ2v) is 7.93. The first-order chi connectivity index (χ1) is 16.0.